The van der Waals surface area contributed by atoms with E-state index < -0.39 is 0 Å². The first-order chi connectivity index (χ1) is 9.19. The Labute approximate surface area is 115 Å². The molecule has 0 amide bonds. The number of hydrogen-bond donors (Lipinski definition) is 1. The van der Waals surface area contributed by atoms with Gasteiger partial charge in [-0.1, -0.05) is 24.3 Å². The highest BCUT2D eigenvalue weighted by molar-refractivity contribution is 7.17. The second kappa shape index (κ2) is 6.65. The quantitative estimate of drug-likeness (QED) is 0.845. The smallest absolute Gasteiger partial charge is 0.123 e. The molecule has 0 aliphatic carbocycles. The molecule has 0 heterocycles. The molecule has 2 rings (SSSR count). The van der Waals surface area contributed by atoms with Gasteiger partial charge in [0.05, 0.1) is 7.11 Å². The van der Waals surface area contributed by atoms with E-state index in [1.54, 1.807) is 19.2 Å². The predicted molar refractivity (Wildman–Crippen MR) is 78.7 cm³/mol. The van der Waals surface area contributed by atoms with Gasteiger partial charge < -0.3 is 10.1 Å². The summed E-state index contributed by atoms with van der Waals surface area (Å²) in [5.74, 6) is 0.754. The van der Waals surface area contributed by atoms with Gasteiger partial charge in [-0.2, -0.15) is 0 Å². The third kappa shape index (κ3) is 4.02. The fourth-order valence-electron chi connectivity index (χ4n) is 1.80. The maximum absolute atomic E-state index is 13.1. The Kier molecular flexibility index (Phi) is 4.89. The van der Waals surface area contributed by atoms with E-state index in [-0.39, 0.29) is 11.6 Å². The number of methoxy groups -OCH3 is 1. The largest absolute Gasteiger partial charge is 0.497 e. The van der Waals surface area contributed by atoms with Crippen LogP contribution in [0.1, 0.15) is 16.9 Å². The Morgan fingerprint density at radius 3 is 2.58 bits per heavy atom. The van der Waals surface area contributed by atoms with Crippen LogP contribution in [0.5, 0.6) is 5.75 Å². The molecule has 1 N–H and O–H groups in total. The van der Waals surface area contributed by atoms with Crippen LogP contribution in [0.3, 0.4) is 0 Å². The second-order valence-electron chi connectivity index (χ2n) is 4.26. The summed E-state index contributed by atoms with van der Waals surface area (Å²) < 4.78 is 18.2. The molecule has 2 unspecified atom stereocenters. The third-order valence-corrected chi connectivity index (χ3v) is 3.51. The number of halogens is 1. The van der Waals surface area contributed by atoms with E-state index in [9.17, 15) is 4.39 Å². The minimum atomic E-state index is -0.205. The molecule has 0 spiro atoms. The normalized spacial score (nSPS) is 12.2. The zero-order valence-electron chi connectivity index (χ0n) is 10.8. The minimum Gasteiger partial charge on any atom is -0.497 e. The Hall–Kier alpha value is -1.44. The van der Waals surface area contributed by atoms with E-state index in [2.05, 4.69) is 14.6 Å². The average molecular weight is 277 g/mol. The Balaban J connectivity index is 1.95. The van der Waals surface area contributed by atoms with E-state index in [1.165, 1.54) is 6.07 Å². The molecule has 0 aliphatic rings. The van der Waals surface area contributed by atoms with E-state index in [0.717, 1.165) is 16.9 Å². The van der Waals surface area contributed by atoms with Gasteiger partial charge in [-0.25, -0.2) is 4.39 Å². The summed E-state index contributed by atoms with van der Waals surface area (Å²) in [6.07, 6.45) is 0. The molecular formula is C15H17FNOP. The molecular weight excluding hydrogens is 260 g/mol. The lowest BCUT2D eigenvalue weighted by Crippen LogP contribution is -2.15. The molecule has 2 atom stereocenters. The first-order valence-electron chi connectivity index (χ1n) is 6.06. The second-order valence-corrected chi connectivity index (χ2v) is 4.93. The lowest BCUT2D eigenvalue weighted by molar-refractivity contribution is 0.414. The van der Waals surface area contributed by atoms with Crippen LogP contribution < -0.4 is 10.1 Å². The molecule has 19 heavy (non-hydrogen) atoms. The zero-order chi connectivity index (χ0) is 13.7. The maximum Gasteiger partial charge on any atom is 0.123 e. The molecule has 0 bridgehead atoms. The van der Waals surface area contributed by atoms with Gasteiger partial charge in [0.25, 0.3) is 0 Å². The predicted octanol–water partition coefficient (Wildman–Crippen LogP) is 3.50. The zero-order valence-corrected chi connectivity index (χ0v) is 11.9. The highest BCUT2D eigenvalue weighted by Crippen LogP contribution is 2.22. The van der Waals surface area contributed by atoms with Gasteiger partial charge in [-0.05, 0) is 35.4 Å². The first-order valence-corrected chi connectivity index (χ1v) is 6.73. The van der Waals surface area contributed by atoms with Crippen molar-refractivity contribution in [2.24, 2.45) is 0 Å². The first kappa shape index (κ1) is 14.0. The van der Waals surface area contributed by atoms with Gasteiger partial charge in [-0.3, -0.25) is 0 Å². The standard InChI is InChI=1S/C15H17FNOP/c1-18-14-7-5-12(6-8-14)15(19)17-10-11-3-2-4-13(16)9-11/h2-9,15,17H,10,19H2,1H3. The van der Waals surface area contributed by atoms with Crippen LogP contribution >= 0.6 is 9.24 Å². The molecule has 0 saturated carbocycles. The Morgan fingerprint density at radius 1 is 1.21 bits per heavy atom. The van der Waals surface area contributed by atoms with E-state index >= 15 is 0 Å². The van der Waals surface area contributed by atoms with Crippen LogP contribution in [-0.4, -0.2) is 7.11 Å². The molecule has 0 aromatic heterocycles. The number of nitrogens with one attached hydrogen (secondary N) is 1. The van der Waals surface area contributed by atoms with Crippen molar-refractivity contribution in [2.45, 2.75) is 12.3 Å². The van der Waals surface area contributed by atoms with Crippen LogP contribution in [0, 0.1) is 5.82 Å². The van der Waals surface area contributed by atoms with Gasteiger partial charge in [0.2, 0.25) is 0 Å². The van der Waals surface area contributed by atoms with Crippen molar-refractivity contribution in [3.05, 3.63) is 65.5 Å². The number of hydrogen-bond acceptors (Lipinski definition) is 2. The summed E-state index contributed by atoms with van der Waals surface area (Å²) in [6, 6.07) is 14.5. The topological polar surface area (TPSA) is 21.3 Å². The minimum absolute atomic E-state index is 0.120. The summed E-state index contributed by atoms with van der Waals surface area (Å²) >= 11 is 0. The van der Waals surface area contributed by atoms with E-state index in [4.69, 9.17) is 4.74 Å². The average Bonchev–Trinajstić information content (AvgIpc) is 2.45. The summed E-state index contributed by atoms with van der Waals surface area (Å²) in [5.41, 5.74) is 2.07. The lowest BCUT2D eigenvalue weighted by atomic mass is 10.2. The van der Waals surface area contributed by atoms with E-state index in [1.807, 2.05) is 30.3 Å². The summed E-state index contributed by atoms with van der Waals surface area (Å²) in [7, 11) is 4.39. The van der Waals surface area contributed by atoms with Crippen LogP contribution in [0.25, 0.3) is 0 Å². The fraction of sp³-hybridized carbons (Fsp3) is 0.200. The highest BCUT2D eigenvalue weighted by atomic mass is 31.0. The highest BCUT2D eigenvalue weighted by Gasteiger charge is 2.05. The molecule has 0 radical (unpaired) electrons. The van der Waals surface area contributed by atoms with Gasteiger partial charge in [-0.15, -0.1) is 9.24 Å². The molecule has 2 aromatic carbocycles. The van der Waals surface area contributed by atoms with Crippen molar-refractivity contribution in [1.82, 2.24) is 5.32 Å². The molecule has 100 valence electrons. The van der Waals surface area contributed by atoms with Crippen molar-refractivity contribution in [1.29, 1.82) is 0 Å². The van der Waals surface area contributed by atoms with Crippen molar-refractivity contribution in [3.63, 3.8) is 0 Å². The Bertz CT molecular complexity index is 530. The van der Waals surface area contributed by atoms with Gasteiger partial charge >= 0.3 is 0 Å². The van der Waals surface area contributed by atoms with Crippen LogP contribution in [-0.2, 0) is 6.54 Å². The molecule has 2 nitrogen and oxygen atoms in total. The summed E-state index contributed by atoms with van der Waals surface area (Å²) in [4.78, 5) is 0. The molecule has 4 heteroatoms. The van der Waals surface area contributed by atoms with Crippen molar-refractivity contribution in [2.75, 3.05) is 7.11 Å². The number of ether oxygens (including phenoxy) is 1. The van der Waals surface area contributed by atoms with Gasteiger partial charge in [0.15, 0.2) is 0 Å². The fourth-order valence-corrected chi connectivity index (χ4v) is 2.14. The molecule has 0 aliphatic heterocycles. The van der Waals surface area contributed by atoms with Crippen LogP contribution in [0.4, 0.5) is 4.39 Å². The maximum atomic E-state index is 13.1. The van der Waals surface area contributed by atoms with Crippen molar-refractivity contribution < 1.29 is 9.13 Å². The third-order valence-electron chi connectivity index (χ3n) is 2.89. The summed E-state index contributed by atoms with van der Waals surface area (Å²) in [5, 5.41) is 3.34. The molecule has 2 aromatic rings. The number of rotatable bonds is 5. The Morgan fingerprint density at radius 2 is 1.95 bits per heavy atom. The van der Waals surface area contributed by atoms with Gasteiger partial charge in [0.1, 0.15) is 11.6 Å². The van der Waals surface area contributed by atoms with Crippen molar-refractivity contribution in [3.8, 4) is 5.75 Å². The van der Waals surface area contributed by atoms with Gasteiger partial charge in [0, 0.05) is 12.3 Å². The monoisotopic (exact) mass is 277 g/mol. The molecule has 0 saturated heterocycles. The summed E-state index contributed by atoms with van der Waals surface area (Å²) in [6.45, 7) is 0.623. The number of benzene rings is 2. The van der Waals surface area contributed by atoms with Crippen LogP contribution in [0.15, 0.2) is 48.5 Å². The van der Waals surface area contributed by atoms with Crippen molar-refractivity contribution >= 4 is 9.24 Å². The molecule has 0 fully saturated rings. The van der Waals surface area contributed by atoms with E-state index in [0.29, 0.717) is 6.54 Å². The lowest BCUT2D eigenvalue weighted by Gasteiger charge is -2.14. The SMILES string of the molecule is COc1ccc(C(P)NCc2cccc(F)c2)cc1. The van der Waals surface area contributed by atoms with Crippen LogP contribution in [0.2, 0.25) is 0 Å².